The van der Waals surface area contributed by atoms with Crippen LogP contribution < -0.4 is 5.32 Å². The van der Waals surface area contributed by atoms with E-state index in [0.717, 1.165) is 25.1 Å². The molecule has 0 radical (unpaired) electrons. The summed E-state index contributed by atoms with van der Waals surface area (Å²) in [6.07, 6.45) is 1.67. The van der Waals surface area contributed by atoms with Crippen LogP contribution in [0.3, 0.4) is 0 Å². The van der Waals surface area contributed by atoms with Crippen molar-refractivity contribution in [1.29, 1.82) is 0 Å². The Kier molecular flexibility index (Phi) is 3.17. The second-order valence-corrected chi connectivity index (χ2v) is 4.89. The van der Waals surface area contributed by atoms with Gasteiger partial charge in [-0.3, -0.25) is 0 Å². The Morgan fingerprint density at radius 3 is 2.62 bits per heavy atom. The van der Waals surface area contributed by atoms with Crippen LogP contribution in [0.25, 0.3) is 0 Å². The number of aliphatic hydroxyl groups is 1. The lowest BCUT2D eigenvalue weighted by molar-refractivity contribution is 0.00725. The number of hydrogen-bond acceptors (Lipinski definition) is 3. The molecule has 1 aromatic carbocycles. The van der Waals surface area contributed by atoms with E-state index < -0.39 is 5.60 Å². The standard InChI is InChI=1S/C13H19NO2/c1-13(16,11-6-7-14-9-11)8-10-2-4-12(15)5-3-10/h2-5,11,14-16H,6-9H2,1H3. The predicted molar refractivity (Wildman–Crippen MR) is 63.4 cm³/mol. The molecular weight excluding hydrogens is 202 g/mol. The first kappa shape index (κ1) is 11.4. The molecule has 3 N–H and O–H groups in total. The van der Waals surface area contributed by atoms with Crippen LogP contribution in [-0.2, 0) is 6.42 Å². The van der Waals surface area contributed by atoms with E-state index >= 15 is 0 Å². The SMILES string of the molecule is CC(O)(Cc1ccc(O)cc1)C1CCNC1. The quantitative estimate of drug-likeness (QED) is 0.721. The zero-order valence-electron chi connectivity index (χ0n) is 9.61. The van der Waals surface area contributed by atoms with E-state index in [2.05, 4.69) is 5.32 Å². The minimum Gasteiger partial charge on any atom is -0.508 e. The molecule has 2 atom stereocenters. The Morgan fingerprint density at radius 2 is 2.06 bits per heavy atom. The fraction of sp³-hybridized carbons (Fsp3) is 0.538. The first-order valence-electron chi connectivity index (χ1n) is 5.79. The van der Waals surface area contributed by atoms with Gasteiger partial charge in [-0.15, -0.1) is 0 Å². The van der Waals surface area contributed by atoms with Gasteiger partial charge in [0, 0.05) is 18.9 Å². The molecule has 1 saturated heterocycles. The number of hydrogen-bond donors (Lipinski definition) is 3. The summed E-state index contributed by atoms with van der Waals surface area (Å²) in [4.78, 5) is 0. The Bertz CT molecular complexity index is 339. The van der Waals surface area contributed by atoms with E-state index in [-0.39, 0.29) is 5.75 Å². The van der Waals surface area contributed by atoms with Crippen molar-refractivity contribution in [3.63, 3.8) is 0 Å². The van der Waals surface area contributed by atoms with Crippen LogP contribution in [0.4, 0.5) is 0 Å². The van der Waals surface area contributed by atoms with Crippen molar-refractivity contribution < 1.29 is 10.2 Å². The van der Waals surface area contributed by atoms with E-state index in [1.807, 2.05) is 19.1 Å². The largest absolute Gasteiger partial charge is 0.508 e. The summed E-state index contributed by atoms with van der Waals surface area (Å²) in [6, 6.07) is 7.06. The molecule has 0 aromatic heterocycles. The van der Waals surface area contributed by atoms with Gasteiger partial charge in [0.05, 0.1) is 5.60 Å². The first-order chi connectivity index (χ1) is 7.58. The Hall–Kier alpha value is -1.06. The summed E-state index contributed by atoms with van der Waals surface area (Å²) >= 11 is 0. The number of aromatic hydroxyl groups is 1. The molecule has 0 spiro atoms. The van der Waals surface area contributed by atoms with Gasteiger partial charge >= 0.3 is 0 Å². The molecule has 2 rings (SSSR count). The molecule has 1 heterocycles. The fourth-order valence-electron chi connectivity index (χ4n) is 2.36. The molecule has 88 valence electrons. The fourth-order valence-corrected chi connectivity index (χ4v) is 2.36. The predicted octanol–water partition coefficient (Wildman–Crippen LogP) is 1.30. The van der Waals surface area contributed by atoms with E-state index in [9.17, 15) is 10.2 Å². The summed E-state index contributed by atoms with van der Waals surface area (Å²) in [5, 5.41) is 22.9. The summed E-state index contributed by atoms with van der Waals surface area (Å²) in [6.45, 7) is 3.79. The van der Waals surface area contributed by atoms with E-state index in [4.69, 9.17) is 0 Å². The number of benzene rings is 1. The van der Waals surface area contributed by atoms with Crippen LogP contribution in [0, 0.1) is 5.92 Å². The maximum absolute atomic E-state index is 10.4. The molecule has 1 aliphatic rings. The molecule has 1 aliphatic heterocycles. The Morgan fingerprint density at radius 1 is 1.38 bits per heavy atom. The van der Waals surface area contributed by atoms with Gasteiger partial charge in [0.15, 0.2) is 0 Å². The average Bonchev–Trinajstić information content (AvgIpc) is 2.75. The van der Waals surface area contributed by atoms with Crippen molar-refractivity contribution in [3.8, 4) is 5.75 Å². The third-order valence-electron chi connectivity index (χ3n) is 3.44. The maximum Gasteiger partial charge on any atom is 0.115 e. The third kappa shape index (κ3) is 2.54. The minimum absolute atomic E-state index is 0.269. The van der Waals surface area contributed by atoms with Gasteiger partial charge in [-0.25, -0.2) is 0 Å². The van der Waals surface area contributed by atoms with Crippen LogP contribution in [0.2, 0.25) is 0 Å². The van der Waals surface area contributed by atoms with Gasteiger partial charge in [0.1, 0.15) is 5.75 Å². The Labute approximate surface area is 96.1 Å². The second kappa shape index (κ2) is 4.44. The molecule has 0 aliphatic carbocycles. The monoisotopic (exact) mass is 221 g/mol. The highest BCUT2D eigenvalue weighted by Crippen LogP contribution is 2.27. The molecule has 3 nitrogen and oxygen atoms in total. The van der Waals surface area contributed by atoms with Crippen molar-refractivity contribution in [2.75, 3.05) is 13.1 Å². The van der Waals surface area contributed by atoms with E-state index in [0.29, 0.717) is 12.3 Å². The van der Waals surface area contributed by atoms with E-state index in [1.54, 1.807) is 12.1 Å². The summed E-state index contributed by atoms with van der Waals surface area (Å²) < 4.78 is 0. The van der Waals surface area contributed by atoms with E-state index in [1.165, 1.54) is 0 Å². The van der Waals surface area contributed by atoms with Crippen LogP contribution in [0.1, 0.15) is 18.9 Å². The Balaban J connectivity index is 2.04. The lowest BCUT2D eigenvalue weighted by Crippen LogP contribution is -2.38. The smallest absolute Gasteiger partial charge is 0.115 e. The topological polar surface area (TPSA) is 52.5 Å². The lowest BCUT2D eigenvalue weighted by Gasteiger charge is -2.29. The molecule has 16 heavy (non-hydrogen) atoms. The van der Waals surface area contributed by atoms with Gasteiger partial charge in [0.2, 0.25) is 0 Å². The zero-order chi connectivity index (χ0) is 11.6. The summed E-state index contributed by atoms with van der Waals surface area (Å²) in [5.41, 5.74) is 0.398. The van der Waals surface area contributed by atoms with Crippen molar-refractivity contribution in [3.05, 3.63) is 29.8 Å². The van der Waals surface area contributed by atoms with Crippen LogP contribution in [-0.4, -0.2) is 28.9 Å². The van der Waals surface area contributed by atoms with Crippen molar-refractivity contribution in [2.45, 2.75) is 25.4 Å². The molecule has 1 aromatic rings. The molecule has 3 heteroatoms. The van der Waals surface area contributed by atoms with Crippen LogP contribution in [0.5, 0.6) is 5.75 Å². The molecule has 0 saturated carbocycles. The molecule has 0 bridgehead atoms. The van der Waals surface area contributed by atoms with Crippen molar-refractivity contribution >= 4 is 0 Å². The van der Waals surface area contributed by atoms with Crippen LogP contribution in [0.15, 0.2) is 24.3 Å². The molecular formula is C13H19NO2. The highest BCUT2D eigenvalue weighted by atomic mass is 16.3. The summed E-state index contributed by atoms with van der Waals surface area (Å²) in [7, 11) is 0. The average molecular weight is 221 g/mol. The first-order valence-corrected chi connectivity index (χ1v) is 5.79. The second-order valence-electron chi connectivity index (χ2n) is 4.89. The maximum atomic E-state index is 10.4. The van der Waals surface area contributed by atoms with Gasteiger partial charge < -0.3 is 15.5 Å². The number of rotatable bonds is 3. The molecule has 1 fully saturated rings. The number of nitrogens with one attached hydrogen (secondary N) is 1. The minimum atomic E-state index is -0.666. The normalized spacial score (nSPS) is 24.2. The molecule has 2 unspecified atom stereocenters. The highest BCUT2D eigenvalue weighted by Gasteiger charge is 2.33. The number of phenols is 1. The lowest BCUT2D eigenvalue weighted by atomic mass is 9.83. The molecule has 0 amide bonds. The number of phenolic OH excluding ortho intramolecular Hbond substituents is 1. The van der Waals surface area contributed by atoms with Crippen molar-refractivity contribution in [2.24, 2.45) is 5.92 Å². The van der Waals surface area contributed by atoms with Gasteiger partial charge in [-0.05, 0) is 37.6 Å². The zero-order valence-corrected chi connectivity index (χ0v) is 9.61. The van der Waals surface area contributed by atoms with Gasteiger partial charge in [0.25, 0.3) is 0 Å². The van der Waals surface area contributed by atoms with Gasteiger partial charge in [-0.1, -0.05) is 12.1 Å². The third-order valence-corrected chi connectivity index (χ3v) is 3.44. The van der Waals surface area contributed by atoms with Gasteiger partial charge in [-0.2, -0.15) is 0 Å². The van der Waals surface area contributed by atoms with Crippen molar-refractivity contribution in [1.82, 2.24) is 5.32 Å². The highest BCUT2D eigenvalue weighted by molar-refractivity contribution is 5.27. The summed E-state index contributed by atoms with van der Waals surface area (Å²) in [5.74, 6) is 0.590. The van der Waals surface area contributed by atoms with Crippen LogP contribution >= 0.6 is 0 Å².